The molecule has 78 valence electrons. The fourth-order valence-corrected chi connectivity index (χ4v) is 2.50. The number of halogens is 2. The van der Waals surface area contributed by atoms with Gasteiger partial charge < -0.3 is 16.2 Å². The predicted octanol–water partition coefficient (Wildman–Crippen LogP) is 2.05. The smallest absolute Gasteiger partial charge is 0.0627 e. The number of nitrogen functional groups attached to an aromatic ring is 1. The second-order valence-corrected chi connectivity index (χ2v) is 4.68. The van der Waals surface area contributed by atoms with Gasteiger partial charge >= 0.3 is 0 Å². The molecule has 0 fully saturated rings. The number of nitrogens with two attached hydrogens (primary N) is 1. The number of likely N-dealkylation sites (N-methyl/N-ethyl adjacent to an activating group) is 1. The molecule has 1 atom stereocenters. The third kappa shape index (κ3) is 2.48. The first-order chi connectivity index (χ1) is 6.60. The topological polar surface area (TPSA) is 58.3 Å². The fraction of sp³-hybridized carbons (Fsp3) is 0.333. The number of benzene rings is 1. The molecule has 1 rings (SSSR count). The first-order valence-electron chi connectivity index (χ1n) is 4.12. The number of aliphatic hydroxyl groups is 1. The van der Waals surface area contributed by atoms with E-state index < -0.39 is 0 Å². The summed E-state index contributed by atoms with van der Waals surface area (Å²) in [6.07, 6.45) is 0. The van der Waals surface area contributed by atoms with Gasteiger partial charge in [-0.05, 0) is 40.7 Å². The Bertz CT molecular complexity index is 327. The average Bonchev–Trinajstić information content (AvgIpc) is 2.15. The van der Waals surface area contributed by atoms with Crippen molar-refractivity contribution in [1.82, 2.24) is 5.32 Å². The maximum Gasteiger partial charge on any atom is 0.0627 e. The molecule has 14 heavy (non-hydrogen) atoms. The number of hydrogen-bond donors (Lipinski definition) is 3. The Morgan fingerprint density at radius 3 is 2.64 bits per heavy atom. The lowest BCUT2D eigenvalue weighted by Gasteiger charge is -2.17. The average molecular weight is 324 g/mol. The third-order valence-electron chi connectivity index (χ3n) is 2.03. The van der Waals surface area contributed by atoms with Crippen molar-refractivity contribution in [3.05, 3.63) is 26.6 Å². The molecule has 0 aliphatic carbocycles. The second kappa shape index (κ2) is 5.11. The molecule has 1 aromatic carbocycles. The van der Waals surface area contributed by atoms with Crippen LogP contribution in [0.5, 0.6) is 0 Å². The van der Waals surface area contributed by atoms with E-state index in [9.17, 15) is 0 Å². The minimum Gasteiger partial charge on any atom is -0.398 e. The van der Waals surface area contributed by atoms with E-state index in [1.54, 1.807) is 7.05 Å². The van der Waals surface area contributed by atoms with Crippen LogP contribution >= 0.6 is 31.9 Å². The zero-order chi connectivity index (χ0) is 10.7. The molecule has 0 heterocycles. The number of anilines is 1. The van der Waals surface area contributed by atoms with Gasteiger partial charge in [0.05, 0.1) is 18.3 Å². The molecule has 0 aliphatic heterocycles. The van der Waals surface area contributed by atoms with E-state index in [-0.39, 0.29) is 12.6 Å². The quantitative estimate of drug-likeness (QED) is 0.746. The Morgan fingerprint density at radius 1 is 1.50 bits per heavy atom. The van der Waals surface area contributed by atoms with Gasteiger partial charge in [-0.3, -0.25) is 0 Å². The molecular weight excluding hydrogens is 312 g/mol. The highest BCUT2D eigenvalue weighted by atomic mass is 79.9. The summed E-state index contributed by atoms with van der Waals surface area (Å²) in [5.41, 5.74) is 7.42. The van der Waals surface area contributed by atoms with E-state index in [4.69, 9.17) is 10.8 Å². The van der Waals surface area contributed by atoms with Gasteiger partial charge in [0.25, 0.3) is 0 Å². The third-order valence-corrected chi connectivity index (χ3v) is 3.15. The van der Waals surface area contributed by atoms with Crippen LogP contribution in [0.4, 0.5) is 5.69 Å². The van der Waals surface area contributed by atoms with E-state index in [1.807, 2.05) is 12.1 Å². The lowest BCUT2D eigenvalue weighted by atomic mass is 10.1. The van der Waals surface area contributed by atoms with E-state index in [2.05, 4.69) is 37.2 Å². The summed E-state index contributed by atoms with van der Waals surface area (Å²) in [7, 11) is 1.79. The van der Waals surface area contributed by atoms with Crippen LogP contribution in [-0.2, 0) is 0 Å². The number of nitrogens with one attached hydrogen (secondary N) is 1. The molecule has 0 spiro atoms. The maximum atomic E-state index is 9.14. The van der Waals surface area contributed by atoms with Gasteiger partial charge in [0.1, 0.15) is 0 Å². The lowest BCUT2D eigenvalue weighted by Crippen LogP contribution is -2.21. The van der Waals surface area contributed by atoms with Crippen LogP contribution in [0.25, 0.3) is 0 Å². The van der Waals surface area contributed by atoms with Gasteiger partial charge in [0.2, 0.25) is 0 Å². The molecule has 0 saturated heterocycles. The normalized spacial score (nSPS) is 12.9. The van der Waals surface area contributed by atoms with Crippen LogP contribution in [0.1, 0.15) is 11.6 Å². The molecule has 0 aromatic heterocycles. The highest BCUT2D eigenvalue weighted by Crippen LogP contribution is 2.31. The van der Waals surface area contributed by atoms with Crippen molar-refractivity contribution >= 4 is 37.5 Å². The van der Waals surface area contributed by atoms with E-state index in [0.29, 0.717) is 5.69 Å². The summed E-state index contributed by atoms with van der Waals surface area (Å²) in [6.45, 7) is 0.0175. The molecule has 0 radical (unpaired) electrons. The Kier molecular flexibility index (Phi) is 4.37. The molecule has 1 aromatic rings. The van der Waals surface area contributed by atoms with Crippen LogP contribution in [0.3, 0.4) is 0 Å². The van der Waals surface area contributed by atoms with Gasteiger partial charge in [-0.1, -0.05) is 15.9 Å². The van der Waals surface area contributed by atoms with E-state index in [0.717, 1.165) is 14.5 Å². The molecule has 5 heteroatoms. The van der Waals surface area contributed by atoms with Crippen molar-refractivity contribution in [2.24, 2.45) is 0 Å². The van der Waals surface area contributed by atoms with Crippen LogP contribution in [0.15, 0.2) is 21.1 Å². The molecular formula is C9H12Br2N2O. The molecule has 0 saturated carbocycles. The first-order valence-corrected chi connectivity index (χ1v) is 5.71. The zero-order valence-corrected chi connectivity index (χ0v) is 10.9. The summed E-state index contributed by atoms with van der Waals surface area (Å²) in [5.74, 6) is 0. The van der Waals surface area contributed by atoms with Crippen molar-refractivity contribution in [3.8, 4) is 0 Å². The van der Waals surface area contributed by atoms with Crippen LogP contribution in [-0.4, -0.2) is 18.8 Å². The first kappa shape index (κ1) is 12.0. The number of rotatable bonds is 3. The van der Waals surface area contributed by atoms with Gasteiger partial charge in [0.15, 0.2) is 0 Å². The number of hydrogen-bond acceptors (Lipinski definition) is 3. The highest BCUT2D eigenvalue weighted by molar-refractivity contribution is 9.11. The largest absolute Gasteiger partial charge is 0.398 e. The van der Waals surface area contributed by atoms with Crippen molar-refractivity contribution < 1.29 is 5.11 Å². The monoisotopic (exact) mass is 322 g/mol. The second-order valence-electron chi connectivity index (χ2n) is 2.91. The van der Waals surface area contributed by atoms with Gasteiger partial charge in [-0.25, -0.2) is 0 Å². The summed E-state index contributed by atoms with van der Waals surface area (Å²) < 4.78 is 1.76. The van der Waals surface area contributed by atoms with Crippen molar-refractivity contribution in [3.63, 3.8) is 0 Å². The Labute approximate surface area is 99.9 Å². The summed E-state index contributed by atoms with van der Waals surface area (Å²) in [6, 6.07) is 3.64. The predicted molar refractivity (Wildman–Crippen MR) is 65.1 cm³/mol. The summed E-state index contributed by atoms with van der Waals surface area (Å²) in [5, 5.41) is 12.1. The van der Waals surface area contributed by atoms with Crippen LogP contribution < -0.4 is 11.1 Å². The van der Waals surface area contributed by atoms with Gasteiger partial charge in [0, 0.05) is 8.95 Å². The molecule has 0 bridgehead atoms. The van der Waals surface area contributed by atoms with Crippen molar-refractivity contribution in [2.75, 3.05) is 19.4 Å². The van der Waals surface area contributed by atoms with Gasteiger partial charge in [-0.2, -0.15) is 0 Å². The highest BCUT2D eigenvalue weighted by Gasteiger charge is 2.13. The van der Waals surface area contributed by atoms with Crippen LogP contribution in [0, 0.1) is 0 Å². The van der Waals surface area contributed by atoms with Crippen molar-refractivity contribution in [2.45, 2.75) is 6.04 Å². The van der Waals surface area contributed by atoms with Crippen LogP contribution in [0.2, 0.25) is 0 Å². The Morgan fingerprint density at radius 2 is 2.14 bits per heavy atom. The molecule has 0 amide bonds. The van der Waals surface area contributed by atoms with E-state index in [1.165, 1.54) is 0 Å². The minimum absolute atomic E-state index is 0.0175. The molecule has 3 nitrogen and oxygen atoms in total. The molecule has 0 aliphatic rings. The minimum atomic E-state index is -0.135. The standard InChI is InChI=1S/C9H12Br2N2O/c1-13-8(4-14)6-2-5(10)3-7(11)9(6)12/h2-3,8,13-14H,4,12H2,1H3. The fourth-order valence-electron chi connectivity index (χ4n) is 1.24. The van der Waals surface area contributed by atoms with Gasteiger partial charge in [-0.15, -0.1) is 0 Å². The Hall–Kier alpha value is -0.100. The van der Waals surface area contributed by atoms with E-state index >= 15 is 0 Å². The zero-order valence-electron chi connectivity index (χ0n) is 7.72. The SMILES string of the molecule is CNC(CO)c1cc(Br)cc(Br)c1N. The molecule has 4 N–H and O–H groups in total. The summed E-state index contributed by atoms with van der Waals surface area (Å²) in [4.78, 5) is 0. The maximum absolute atomic E-state index is 9.14. The van der Waals surface area contributed by atoms with Crippen molar-refractivity contribution in [1.29, 1.82) is 0 Å². The Balaban J connectivity index is 3.18. The summed E-state index contributed by atoms with van der Waals surface area (Å²) >= 11 is 6.74. The number of aliphatic hydroxyl groups excluding tert-OH is 1. The lowest BCUT2D eigenvalue weighted by molar-refractivity contribution is 0.251. The molecule has 1 unspecified atom stereocenters.